The van der Waals surface area contributed by atoms with Crippen molar-refractivity contribution < 1.29 is 9.18 Å². The van der Waals surface area contributed by atoms with Crippen LogP contribution in [-0.2, 0) is 6.42 Å². The van der Waals surface area contributed by atoms with Gasteiger partial charge in [-0.05, 0) is 48.7 Å². The van der Waals surface area contributed by atoms with Crippen molar-refractivity contribution in [3.05, 3.63) is 65.5 Å². The Hall–Kier alpha value is -3.22. The molecule has 1 aliphatic rings. The highest BCUT2D eigenvalue weighted by atomic mass is 19.1. The second-order valence-electron chi connectivity index (χ2n) is 7.25. The molecule has 0 fully saturated rings. The van der Waals surface area contributed by atoms with Gasteiger partial charge in [0.1, 0.15) is 11.6 Å². The van der Waals surface area contributed by atoms with Gasteiger partial charge in [-0.2, -0.15) is 0 Å². The molecule has 1 aromatic heterocycles. The topological polar surface area (TPSA) is 77.0 Å². The first kappa shape index (κ1) is 18.2. The van der Waals surface area contributed by atoms with Crippen LogP contribution < -0.4 is 10.6 Å². The zero-order chi connectivity index (χ0) is 19.8. The van der Waals surface area contributed by atoms with E-state index in [4.69, 9.17) is 5.73 Å². The standard InChI is InChI=1S/C21H22FN5O/c1-13(2)20-24-19(25-27(20)15-7-3-6-14(22)12-15)21(28)26-11-5-8-16-17(23)9-4-10-18(16)26/h3-4,6-7,9-10,12-13H,5,8,11,23H2,1-2H3. The molecular weight excluding hydrogens is 357 g/mol. The molecule has 0 radical (unpaired) electrons. The van der Waals surface area contributed by atoms with Crippen molar-refractivity contribution in [1.82, 2.24) is 14.8 Å². The van der Waals surface area contributed by atoms with E-state index in [9.17, 15) is 9.18 Å². The molecule has 2 heterocycles. The highest BCUT2D eigenvalue weighted by Crippen LogP contribution is 2.32. The zero-order valence-corrected chi connectivity index (χ0v) is 15.9. The predicted molar refractivity (Wildman–Crippen MR) is 106 cm³/mol. The fourth-order valence-corrected chi connectivity index (χ4v) is 3.57. The first-order valence-electron chi connectivity index (χ1n) is 9.38. The van der Waals surface area contributed by atoms with Gasteiger partial charge >= 0.3 is 0 Å². The third-order valence-corrected chi connectivity index (χ3v) is 4.92. The van der Waals surface area contributed by atoms with E-state index in [-0.39, 0.29) is 23.5 Å². The van der Waals surface area contributed by atoms with E-state index in [0.717, 1.165) is 24.1 Å². The Morgan fingerprint density at radius 2 is 2.00 bits per heavy atom. The van der Waals surface area contributed by atoms with Crippen LogP contribution in [0.3, 0.4) is 0 Å². The highest BCUT2D eigenvalue weighted by Gasteiger charge is 2.28. The van der Waals surface area contributed by atoms with E-state index in [1.54, 1.807) is 21.7 Å². The van der Waals surface area contributed by atoms with Crippen molar-refractivity contribution in [3.63, 3.8) is 0 Å². The van der Waals surface area contributed by atoms with Crippen LogP contribution in [0, 0.1) is 5.82 Å². The molecule has 0 saturated carbocycles. The van der Waals surface area contributed by atoms with Gasteiger partial charge in [0.15, 0.2) is 0 Å². The molecule has 0 bridgehead atoms. The van der Waals surface area contributed by atoms with Crippen molar-refractivity contribution in [2.24, 2.45) is 0 Å². The number of aromatic nitrogens is 3. The molecule has 4 rings (SSSR count). The van der Waals surface area contributed by atoms with E-state index in [0.29, 0.717) is 23.7 Å². The number of carbonyl (C=O) groups is 1. The molecular formula is C21H22FN5O. The van der Waals surface area contributed by atoms with Gasteiger partial charge in [0, 0.05) is 23.8 Å². The zero-order valence-electron chi connectivity index (χ0n) is 15.9. The fourth-order valence-electron chi connectivity index (χ4n) is 3.57. The smallest absolute Gasteiger partial charge is 0.297 e. The van der Waals surface area contributed by atoms with Crippen LogP contribution in [-0.4, -0.2) is 27.2 Å². The number of rotatable bonds is 3. The van der Waals surface area contributed by atoms with Gasteiger partial charge in [-0.3, -0.25) is 4.79 Å². The minimum absolute atomic E-state index is 0.0154. The summed E-state index contributed by atoms with van der Waals surface area (Å²) < 4.78 is 15.2. The molecule has 0 saturated heterocycles. The Morgan fingerprint density at radius 3 is 2.75 bits per heavy atom. The number of nitrogens with zero attached hydrogens (tertiary/aromatic N) is 4. The SMILES string of the molecule is CC(C)c1nc(C(=O)N2CCCc3c(N)cccc32)nn1-c1cccc(F)c1. The molecule has 144 valence electrons. The van der Waals surface area contributed by atoms with Gasteiger partial charge < -0.3 is 10.6 Å². The molecule has 0 atom stereocenters. The summed E-state index contributed by atoms with van der Waals surface area (Å²) in [6.07, 6.45) is 1.67. The van der Waals surface area contributed by atoms with E-state index in [1.807, 2.05) is 32.0 Å². The Kier molecular flexibility index (Phi) is 4.58. The number of hydrogen-bond donors (Lipinski definition) is 1. The summed E-state index contributed by atoms with van der Waals surface area (Å²) >= 11 is 0. The molecule has 2 aromatic carbocycles. The molecule has 0 spiro atoms. The molecule has 7 heteroatoms. The molecule has 28 heavy (non-hydrogen) atoms. The number of amides is 1. The van der Waals surface area contributed by atoms with Crippen LogP contribution in [0.15, 0.2) is 42.5 Å². The Labute approximate surface area is 162 Å². The van der Waals surface area contributed by atoms with E-state index < -0.39 is 0 Å². The number of benzene rings is 2. The Bertz CT molecular complexity index is 1040. The van der Waals surface area contributed by atoms with Gasteiger partial charge in [0.2, 0.25) is 5.82 Å². The van der Waals surface area contributed by atoms with Crippen molar-refractivity contribution in [1.29, 1.82) is 0 Å². The maximum absolute atomic E-state index is 13.7. The van der Waals surface area contributed by atoms with E-state index in [2.05, 4.69) is 10.1 Å². The van der Waals surface area contributed by atoms with Gasteiger partial charge in [0.25, 0.3) is 5.91 Å². The largest absolute Gasteiger partial charge is 0.398 e. The third-order valence-electron chi connectivity index (χ3n) is 4.92. The number of halogens is 1. The molecule has 2 N–H and O–H groups in total. The summed E-state index contributed by atoms with van der Waals surface area (Å²) in [6, 6.07) is 11.7. The van der Waals surface area contributed by atoms with Crippen molar-refractivity contribution in [3.8, 4) is 5.69 Å². The van der Waals surface area contributed by atoms with Crippen LogP contribution >= 0.6 is 0 Å². The van der Waals surface area contributed by atoms with E-state index >= 15 is 0 Å². The maximum atomic E-state index is 13.7. The number of nitrogens with two attached hydrogens (primary N) is 1. The average molecular weight is 379 g/mol. The molecule has 6 nitrogen and oxygen atoms in total. The average Bonchev–Trinajstić information content (AvgIpc) is 3.13. The molecule has 1 amide bonds. The summed E-state index contributed by atoms with van der Waals surface area (Å²) in [6.45, 7) is 4.51. The summed E-state index contributed by atoms with van der Waals surface area (Å²) in [5, 5.41) is 4.43. The fraction of sp³-hybridized carbons (Fsp3) is 0.286. The predicted octanol–water partition coefficient (Wildman–Crippen LogP) is 3.71. The highest BCUT2D eigenvalue weighted by molar-refractivity contribution is 6.04. The Balaban J connectivity index is 1.76. The summed E-state index contributed by atoms with van der Waals surface area (Å²) in [5.74, 6) is 0.0863. The maximum Gasteiger partial charge on any atom is 0.297 e. The number of carbonyl (C=O) groups excluding carboxylic acids is 1. The summed E-state index contributed by atoms with van der Waals surface area (Å²) in [7, 11) is 0. The lowest BCUT2D eigenvalue weighted by molar-refractivity contribution is 0.0975. The van der Waals surface area contributed by atoms with Crippen molar-refractivity contribution in [2.45, 2.75) is 32.6 Å². The van der Waals surface area contributed by atoms with Gasteiger partial charge in [-0.25, -0.2) is 14.1 Å². The molecule has 1 aliphatic heterocycles. The van der Waals surface area contributed by atoms with Crippen LogP contribution in [0.4, 0.5) is 15.8 Å². The van der Waals surface area contributed by atoms with Crippen LogP contribution in [0.1, 0.15) is 48.2 Å². The Morgan fingerprint density at radius 1 is 1.21 bits per heavy atom. The monoisotopic (exact) mass is 379 g/mol. The second kappa shape index (κ2) is 7.07. The normalized spacial score (nSPS) is 13.6. The lowest BCUT2D eigenvalue weighted by Gasteiger charge is -2.29. The van der Waals surface area contributed by atoms with E-state index in [1.165, 1.54) is 12.1 Å². The lowest BCUT2D eigenvalue weighted by Crippen LogP contribution is -2.36. The molecule has 0 aliphatic carbocycles. The number of fused-ring (bicyclic) bond motifs is 1. The number of nitrogen functional groups attached to an aromatic ring is 1. The van der Waals surface area contributed by atoms with Gasteiger partial charge in [-0.15, -0.1) is 5.10 Å². The molecule has 0 unspecified atom stereocenters. The summed E-state index contributed by atoms with van der Waals surface area (Å²) in [4.78, 5) is 19.4. The van der Waals surface area contributed by atoms with Crippen LogP contribution in [0.2, 0.25) is 0 Å². The second-order valence-corrected chi connectivity index (χ2v) is 7.25. The quantitative estimate of drug-likeness (QED) is 0.704. The van der Waals surface area contributed by atoms with Crippen molar-refractivity contribution in [2.75, 3.05) is 17.2 Å². The third kappa shape index (κ3) is 3.13. The minimum Gasteiger partial charge on any atom is -0.398 e. The van der Waals surface area contributed by atoms with Crippen LogP contribution in [0.5, 0.6) is 0 Å². The minimum atomic E-state index is -0.365. The van der Waals surface area contributed by atoms with Crippen molar-refractivity contribution >= 4 is 17.3 Å². The number of anilines is 2. The molecule has 3 aromatic rings. The van der Waals surface area contributed by atoms with Crippen LogP contribution in [0.25, 0.3) is 5.69 Å². The first-order valence-corrected chi connectivity index (χ1v) is 9.38. The number of hydrogen-bond acceptors (Lipinski definition) is 4. The first-order chi connectivity index (χ1) is 13.5. The van der Waals surface area contributed by atoms with Gasteiger partial charge in [-0.1, -0.05) is 26.0 Å². The summed E-state index contributed by atoms with van der Waals surface area (Å²) in [5.41, 5.74) is 9.11. The lowest BCUT2D eigenvalue weighted by atomic mass is 10.00. The van der Waals surface area contributed by atoms with Gasteiger partial charge in [0.05, 0.1) is 5.69 Å².